The summed E-state index contributed by atoms with van der Waals surface area (Å²) < 4.78 is 45.0. The zero-order chi connectivity index (χ0) is 25.0. The molecule has 0 aliphatic carbocycles. The summed E-state index contributed by atoms with van der Waals surface area (Å²) in [6.07, 6.45) is -0.587. The van der Waals surface area contributed by atoms with E-state index in [0.29, 0.717) is 11.3 Å². The van der Waals surface area contributed by atoms with Gasteiger partial charge in [-0.2, -0.15) is 13.2 Å². The average Bonchev–Trinajstić information content (AvgIpc) is 3.14. The van der Waals surface area contributed by atoms with E-state index in [0.717, 1.165) is 5.69 Å². The van der Waals surface area contributed by atoms with E-state index in [1.165, 1.54) is 30.4 Å². The van der Waals surface area contributed by atoms with Gasteiger partial charge in [0.05, 0.1) is 12.0 Å². The van der Waals surface area contributed by atoms with E-state index in [-0.39, 0.29) is 16.1 Å². The van der Waals surface area contributed by atoms with Crippen LogP contribution < -0.4 is 21.8 Å². The molecule has 0 radical (unpaired) electrons. The predicted octanol–water partition coefficient (Wildman–Crippen LogP) is 1.51. The molecule has 0 unspecified atom stereocenters. The Labute approximate surface area is 183 Å². The molecule has 1 aromatic carbocycles. The van der Waals surface area contributed by atoms with Gasteiger partial charge >= 0.3 is 12.1 Å². The quantitative estimate of drug-likeness (QED) is 0.424. The molecule has 2 aromatic heterocycles. The molecule has 0 saturated heterocycles. The number of aromatic nitrogens is 4. The Morgan fingerprint density at radius 3 is 2.06 bits per heavy atom. The van der Waals surface area contributed by atoms with Crippen LogP contribution in [0.4, 0.5) is 17.6 Å². The summed E-state index contributed by atoms with van der Waals surface area (Å²) in [5.74, 6) is -3.18. The first kappa shape index (κ1) is 25.3. The van der Waals surface area contributed by atoms with Crippen molar-refractivity contribution in [2.45, 2.75) is 32.4 Å². The average molecular weight is 468 g/mol. The minimum atomic E-state index is -5.08. The topological polar surface area (TPSA) is 132 Å². The van der Waals surface area contributed by atoms with Gasteiger partial charge in [-0.1, -0.05) is 32.9 Å². The van der Waals surface area contributed by atoms with Gasteiger partial charge in [0.2, 0.25) is 0 Å². The number of carbonyl (C=O) groups is 1. The Morgan fingerprint density at radius 1 is 1.03 bits per heavy atom. The fourth-order valence-electron chi connectivity index (χ4n) is 2.61. The van der Waals surface area contributed by atoms with Crippen molar-refractivity contribution in [3.05, 3.63) is 84.8 Å². The van der Waals surface area contributed by atoms with Gasteiger partial charge in [-0.25, -0.2) is 14.2 Å². The van der Waals surface area contributed by atoms with Crippen molar-refractivity contribution in [2.24, 2.45) is 0 Å². The molecule has 2 heterocycles. The number of hydrogen-bond donors (Lipinski definition) is 4. The van der Waals surface area contributed by atoms with Crippen LogP contribution in [0.15, 0.2) is 40.2 Å². The highest BCUT2D eigenvalue weighted by atomic mass is 19.4. The molecule has 8 nitrogen and oxygen atoms in total. The van der Waals surface area contributed by atoms with Crippen LogP contribution >= 0.6 is 0 Å². The van der Waals surface area contributed by atoms with Gasteiger partial charge in [-0.15, -0.1) is 0 Å². The number of nitrogens with zero attached hydrogens (tertiary/aromatic N) is 1. The monoisotopic (exact) mass is 468 g/mol. The molecular formula is C21H20F4N4O4. The fourth-order valence-corrected chi connectivity index (χ4v) is 2.61. The number of nitrogens with one attached hydrogen (secondary N) is 3. The Balaban J connectivity index is 0.000000479. The molecule has 0 atom stereocenters. The van der Waals surface area contributed by atoms with E-state index in [4.69, 9.17) is 9.90 Å². The number of rotatable bonds is 2. The van der Waals surface area contributed by atoms with Crippen LogP contribution in [0.3, 0.4) is 0 Å². The smallest absolute Gasteiger partial charge is 0.475 e. The lowest BCUT2D eigenvalue weighted by molar-refractivity contribution is -0.192. The highest BCUT2D eigenvalue weighted by Crippen LogP contribution is 2.22. The second-order valence-corrected chi connectivity index (χ2v) is 7.79. The van der Waals surface area contributed by atoms with Crippen molar-refractivity contribution >= 4 is 18.1 Å². The van der Waals surface area contributed by atoms with Crippen molar-refractivity contribution in [3.8, 4) is 0 Å². The number of aromatic amines is 3. The molecule has 0 saturated carbocycles. The van der Waals surface area contributed by atoms with Crippen molar-refractivity contribution in [2.75, 3.05) is 0 Å². The summed E-state index contributed by atoms with van der Waals surface area (Å²) in [7, 11) is 0. The van der Waals surface area contributed by atoms with Gasteiger partial charge in [0.15, 0.2) is 0 Å². The van der Waals surface area contributed by atoms with Gasteiger partial charge in [-0.05, 0) is 29.8 Å². The van der Waals surface area contributed by atoms with E-state index in [1.54, 1.807) is 12.4 Å². The number of hydrogen-bond acceptors (Lipinski definition) is 4. The normalized spacial score (nSPS) is 12.9. The Kier molecular flexibility index (Phi) is 7.42. The number of benzene rings is 1. The lowest BCUT2D eigenvalue weighted by Crippen LogP contribution is -2.46. The second-order valence-electron chi connectivity index (χ2n) is 7.79. The predicted molar refractivity (Wildman–Crippen MR) is 111 cm³/mol. The standard InChI is InChI=1S/C19H19FN4O2.C2HF3O2/c1-19(2,3)16-13(21-10-22-16)9-15-18(26)23-14(17(25)24-15)8-11-5-4-6-12(20)7-11;3-2(4,5)1(6)7/h4-10H,1-3H3,(H,21,22)(H,23,26)(H,24,25);(H,6,7)/b14-8-,15-9-;. The number of H-pyrrole nitrogens is 3. The van der Waals surface area contributed by atoms with Crippen molar-refractivity contribution in [1.82, 2.24) is 19.9 Å². The van der Waals surface area contributed by atoms with Crippen molar-refractivity contribution in [3.63, 3.8) is 0 Å². The van der Waals surface area contributed by atoms with E-state index in [2.05, 4.69) is 19.9 Å². The summed E-state index contributed by atoms with van der Waals surface area (Å²) in [5, 5.41) is 7.28. The van der Waals surface area contributed by atoms with Crippen LogP contribution in [0.25, 0.3) is 12.2 Å². The van der Waals surface area contributed by atoms with Gasteiger partial charge in [0.1, 0.15) is 16.5 Å². The van der Waals surface area contributed by atoms with Crippen molar-refractivity contribution in [1.29, 1.82) is 0 Å². The summed E-state index contributed by atoms with van der Waals surface area (Å²) in [4.78, 5) is 45.9. The van der Waals surface area contributed by atoms with Gasteiger partial charge in [0.25, 0.3) is 11.1 Å². The molecule has 33 heavy (non-hydrogen) atoms. The number of alkyl halides is 3. The summed E-state index contributed by atoms with van der Waals surface area (Å²) >= 11 is 0. The molecule has 0 aliphatic rings. The number of carboxylic acids is 1. The third-order valence-electron chi connectivity index (χ3n) is 4.09. The van der Waals surface area contributed by atoms with Crippen LogP contribution in [0.1, 0.15) is 37.7 Å². The zero-order valence-corrected chi connectivity index (χ0v) is 17.7. The van der Waals surface area contributed by atoms with Crippen LogP contribution in [0.5, 0.6) is 0 Å². The summed E-state index contributed by atoms with van der Waals surface area (Å²) in [5.41, 5.74) is 0.780. The molecule has 0 spiro atoms. The maximum atomic E-state index is 13.3. The van der Waals surface area contributed by atoms with Crippen LogP contribution in [-0.4, -0.2) is 37.2 Å². The zero-order valence-electron chi connectivity index (χ0n) is 17.7. The Morgan fingerprint density at radius 2 is 1.58 bits per heavy atom. The second kappa shape index (κ2) is 9.67. The van der Waals surface area contributed by atoms with Gasteiger partial charge in [0, 0.05) is 11.1 Å². The molecule has 0 bridgehead atoms. The first-order chi connectivity index (χ1) is 15.2. The molecule has 0 amide bonds. The molecule has 0 fully saturated rings. The minimum Gasteiger partial charge on any atom is -0.475 e. The highest BCUT2D eigenvalue weighted by Gasteiger charge is 2.38. The molecule has 176 valence electrons. The van der Waals surface area contributed by atoms with Crippen LogP contribution in [0, 0.1) is 5.82 Å². The third-order valence-corrected chi connectivity index (χ3v) is 4.09. The van der Waals surface area contributed by atoms with Gasteiger partial charge in [-0.3, -0.25) is 9.59 Å². The number of carboxylic acid groups (broad SMARTS) is 1. The molecule has 0 aliphatic heterocycles. The SMILES string of the molecule is CC(C)(C)c1[nH]cnc1/C=c1\[nH]c(=O)/c(=C/c2cccc(F)c2)[nH]c1=O.O=C(O)C(F)(F)F. The maximum absolute atomic E-state index is 13.3. The molecular weight excluding hydrogens is 448 g/mol. The summed E-state index contributed by atoms with van der Waals surface area (Å²) in [6, 6.07) is 5.75. The van der Waals surface area contributed by atoms with E-state index in [9.17, 15) is 27.2 Å². The van der Waals surface area contributed by atoms with E-state index >= 15 is 0 Å². The number of halogens is 4. The molecule has 3 rings (SSSR count). The van der Waals surface area contributed by atoms with E-state index in [1.807, 2.05) is 20.8 Å². The van der Waals surface area contributed by atoms with Crippen LogP contribution in [-0.2, 0) is 10.2 Å². The third kappa shape index (κ3) is 7.02. The molecule has 4 N–H and O–H groups in total. The highest BCUT2D eigenvalue weighted by molar-refractivity contribution is 5.73. The first-order valence-electron chi connectivity index (χ1n) is 9.34. The molecule has 3 aromatic rings. The lowest BCUT2D eigenvalue weighted by Gasteiger charge is -2.16. The van der Waals surface area contributed by atoms with Gasteiger partial charge < -0.3 is 20.1 Å². The molecule has 12 heteroatoms. The van der Waals surface area contributed by atoms with Crippen LogP contribution in [0.2, 0.25) is 0 Å². The van der Waals surface area contributed by atoms with Crippen molar-refractivity contribution < 1.29 is 27.5 Å². The Hall–Kier alpha value is -3.96. The summed E-state index contributed by atoms with van der Waals surface area (Å²) in [6.45, 7) is 6.05. The van der Waals surface area contributed by atoms with E-state index < -0.39 is 29.1 Å². The Bertz CT molecular complexity index is 1380. The maximum Gasteiger partial charge on any atom is 0.490 e. The first-order valence-corrected chi connectivity index (χ1v) is 9.34. The lowest BCUT2D eigenvalue weighted by atomic mass is 9.90. The minimum absolute atomic E-state index is 0.0517. The number of aliphatic carboxylic acids is 1. The largest absolute Gasteiger partial charge is 0.490 e. The number of imidazole rings is 1. The fraction of sp³-hybridized carbons (Fsp3) is 0.238.